The first-order chi connectivity index (χ1) is 9.34. The van der Waals surface area contributed by atoms with Crippen molar-refractivity contribution in [2.45, 2.75) is 12.5 Å². The first kappa shape index (κ1) is 14.7. The highest BCUT2D eigenvalue weighted by atomic mass is 32.2. The summed E-state index contributed by atoms with van der Waals surface area (Å²) in [6.07, 6.45) is 0.364. The van der Waals surface area contributed by atoms with Crippen molar-refractivity contribution in [1.29, 1.82) is 0 Å². The molecule has 0 spiro atoms. The molecule has 0 aromatic heterocycles. The van der Waals surface area contributed by atoms with Gasteiger partial charge in [0.1, 0.15) is 17.4 Å². The SMILES string of the molecule is O=C(COc1cc(F)cc(F)c1)N[C@@H]1CCS(=O)(=O)C1. The number of carbonyl (C=O) groups excluding carboxylic acids is 1. The number of amides is 1. The number of sulfone groups is 1. The molecule has 1 aromatic rings. The van der Waals surface area contributed by atoms with Gasteiger partial charge in [0.05, 0.1) is 11.5 Å². The minimum Gasteiger partial charge on any atom is -0.484 e. The summed E-state index contributed by atoms with van der Waals surface area (Å²) in [6.45, 7) is -0.431. The normalized spacial score (nSPS) is 20.6. The molecule has 1 saturated heterocycles. The summed E-state index contributed by atoms with van der Waals surface area (Å²) in [6, 6.07) is 2.17. The third-order valence-corrected chi connectivity index (χ3v) is 4.57. The summed E-state index contributed by atoms with van der Waals surface area (Å²) < 4.78 is 53.1. The molecule has 0 aliphatic carbocycles. The zero-order chi connectivity index (χ0) is 14.8. The monoisotopic (exact) mass is 305 g/mol. The second kappa shape index (κ2) is 5.74. The molecule has 110 valence electrons. The van der Waals surface area contributed by atoms with Crippen molar-refractivity contribution in [3.63, 3.8) is 0 Å². The van der Waals surface area contributed by atoms with Crippen molar-refractivity contribution in [3.05, 3.63) is 29.8 Å². The number of rotatable bonds is 4. The van der Waals surface area contributed by atoms with Crippen LogP contribution in [0.25, 0.3) is 0 Å². The van der Waals surface area contributed by atoms with Crippen molar-refractivity contribution >= 4 is 15.7 Å². The van der Waals surface area contributed by atoms with Crippen LogP contribution in [-0.2, 0) is 14.6 Å². The lowest BCUT2D eigenvalue weighted by Crippen LogP contribution is -2.38. The van der Waals surface area contributed by atoms with Crippen molar-refractivity contribution in [2.24, 2.45) is 0 Å². The summed E-state index contributed by atoms with van der Waals surface area (Å²) in [5.74, 6) is -2.28. The van der Waals surface area contributed by atoms with Gasteiger partial charge in [0.2, 0.25) is 0 Å². The fraction of sp³-hybridized carbons (Fsp3) is 0.417. The lowest BCUT2D eigenvalue weighted by atomic mass is 10.2. The molecule has 1 aliphatic heterocycles. The van der Waals surface area contributed by atoms with E-state index >= 15 is 0 Å². The van der Waals surface area contributed by atoms with Crippen molar-refractivity contribution in [1.82, 2.24) is 5.32 Å². The molecule has 8 heteroatoms. The van der Waals surface area contributed by atoms with Crippen LogP contribution in [0, 0.1) is 11.6 Å². The Bertz CT molecular complexity index is 598. The summed E-state index contributed by atoms with van der Waals surface area (Å²) in [5.41, 5.74) is 0. The molecule has 1 atom stereocenters. The van der Waals surface area contributed by atoms with Crippen molar-refractivity contribution in [2.75, 3.05) is 18.1 Å². The lowest BCUT2D eigenvalue weighted by molar-refractivity contribution is -0.123. The Balaban J connectivity index is 1.83. The minimum absolute atomic E-state index is 0.0495. The van der Waals surface area contributed by atoms with E-state index in [1.165, 1.54) is 0 Å². The Hall–Kier alpha value is -1.70. The van der Waals surface area contributed by atoms with E-state index in [0.717, 1.165) is 12.1 Å². The number of carbonyl (C=O) groups is 1. The van der Waals surface area contributed by atoms with Gasteiger partial charge in [0, 0.05) is 24.2 Å². The topological polar surface area (TPSA) is 72.5 Å². The van der Waals surface area contributed by atoms with Gasteiger partial charge in [-0.05, 0) is 6.42 Å². The average Bonchev–Trinajstić information content (AvgIpc) is 2.65. The zero-order valence-electron chi connectivity index (χ0n) is 10.4. The molecule has 1 aromatic carbocycles. The van der Waals surface area contributed by atoms with Crippen LogP contribution >= 0.6 is 0 Å². The zero-order valence-corrected chi connectivity index (χ0v) is 11.3. The Morgan fingerprint density at radius 3 is 2.50 bits per heavy atom. The van der Waals surface area contributed by atoms with E-state index in [2.05, 4.69) is 5.32 Å². The van der Waals surface area contributed by atoms with Crippen molar-refractivity contribution in [3.8, 4) is 5.75 Å². The van der Waals surface area contributed by atoms with Crippen LogP contribution in [0.2, 0.25) is 0 Å². The highest BCUT2D eigenvalue weighted by Gasteiger charge is 2.28. The molecule has 1 N–H and O–H groups in total. The molecule has 1 aliphatic rings. The van der Waals surface area contributed by atoms with Gasteiger partial charge in [0.15, 0.2) is 16.4 Å². The first-order valence-corrected chi connectivity index (χ1v) is 7.75. The van der Waals surface area contributed by atoms with Gasteiger partial charge >= 0.3 is 0 Å². The van der Waals surface area contributed by atoms with Gasteiger partial charge in [-0.25, -0.2) is 17.2 Å². The highest BCUT2D eigenvalue weighted by Crippen LogP contribution is 2.15. The Labute approximate surface area is 114 Å². The van der Waals surface area contributed by atoms with E-state index in [-0.39, 0.29) is 17.3 Å². The van der Waals surface area contributed by atoms with Crippen LogP contribution in [0.15, 0.2) is 18.2 Å². The smallest absolute Gasteiger partial charge is 0.258 e. The third-order valence-electron chi connectivity index (χ3n) is 2.80. The maximum atomic E-state index is 12.9. The molecule has 0 bridgehead atoms. The number of hydrogen-bond acceptors (Lipinski definition) is 4. The quantitative estimate of drug-likeness (QED) is 0.886. The van der Waals surface area contributed by atoms with E-state index in [9.17, 15) is 22.0 Å². The molecule has 20 heavy (non-hydrogen) atoms. The van der Waals surface area contributed by atoms with Gasteiger partial charge in [0.25, 0.3) is 5.91 Å². The largest absolute Gasteiger partial charge is 0.484 e. The van der Waals surface area contributed by atoms with E-state index in [4.69, 9.17) is 4.74 Å². The first-order valence-electron chi connectivity index (χ1n) is 5.93. The summed E-state index contributed by atoms with van der Waals surface area (Å²) >= 11 is 0. The second-order valence-electron chi connectivity index (χ2n) is 4.56. The molecule has 1 heterocycles. The van der Waals surface area contributed by atoms with Gasteiger partial charge in [-0.2, -0.15) is 0 Å². The van der Waals surface area contributed by atoms with Crippen LogP contribution in [0.5, 0.6) is 5.75 Å². The van der Waals surface area contributed by atoms with Crippen LogP contribution in [-0.4, -0.2) is 38.5 Å². The maximum Gasteiger partial charge on any atom is 0.258 e. The fourth-order valence-corrected chi connectivity index (χ4v) is 3.61. The lowest BCUT2D eigenvalue weighted by Gasteiger charge is -2.11. The summed E-state index contributed by atoms with van der Waals surface area (Å²) in [4.78, 5) is 11.5. The fourth-order valence-electron chi connectivity index (χ4n) is 1.94. The van der Waals surface area contributed by atoms with Crippen LogP contribution in [0.4, 0.5) is 8.78 Å². The molecule has 2 rings (SSSR count). The number of benzene rings is 1. The molecule has 0 saturated carbocycles. The van der Waals surface area contributed by atoms with Crippen LogP contribution < -0.4 is 10.1 Å². The highest BCUT2D eigenvalue weighted by molar-refractivity contribution is 7.91. The van der Waals surface area contributed by atoms with E-state index in [0.29, 0.717) is 12.5 Å². The molecular weight excluding hydrogens is 292 g/mol. The molecule has 1 fully saturated rings. The van der Waals surface area contributed by atoms with Gasteiger partial charge in [-0.15, -0.1) is 0 Å². The van der Waals surface area contributed by atoms with Gasteiger partial charge in [-0.1, -0.05) is 0 Å². The number of nitrogens with one attached hydrogen (secondary N) is 1. The van der Waals surface area contributed by atoms with Crippen LogP contribution in [0.1, 0.15) is 6.42 Å². The Morgan fingerprint density at radius 1 is 1.30 bits per heavy atom. The van der Waals surface area contributed by atoms with Gasteiger partial charge in [-0.3, -0.25) is 4.79 Å². The number of hydrogen-bond donors (Lipinski definition) is 1. The summed E-state index contributed by atoms with van der Waals surface area (Å²) in [5, 5.41) is 2.50. The molecule has 5 nitrogen and oxygen atoms in total. The molecular formula is C12H13F2NO4S. The van der Waals surface area contributed by atoms with E-state index in [1.54, 1.807) is 0 Å². The second-order valence-corrected chi connectivity index (χ2v) is 6.79. The van der Waals surface area contributed by atoms with Crippen molar-refractivity contribution < 1.29 is 26.7 Å². The maximum absolute atomic E-state index is 12.9. The Morgan fingerprint density at radius 2 is 1.95 bits per heavy atom. The predicted molar refractivity (Wildman–Crippen MR) is 67.1 cm³/mol. The average molecular weight is 305 g/mol. The van der Waals surface area contributed by atoms with Crippen LogP contribution in [0.3, 0.4) is 0 Å². The van der Waals surface area contributed by atoms with E-state index in [1.807, 2.05) is 0 Å². The van der Waals surface area contributed by atoms with Gasteiger partial charge < -0.3 is 10.1 Å². The molecule has 0 unspecified atom stereocenters. The number of ether oxygens (including phenoxy) is 1. The number of halogens is 2. The van der Waals surface area contributed by atoms with E-state index < -0.39 is 40.0 Å². The predicted octanol–water partition coefficient (Wildman–Crippen LogP) is 0.647. The standard InChI is InChI=1S/C12H13F2NO4S/c13-8-3-9(14)5-11(4-8)19-6-12(16)15-10-1-2-20(17,18)7-10/h3-5,10H,1-2,6-7H2,(H,15,16)/t10-/m1/s1. The Kier molecular flexibility index (Phi) is 4.22. The minimum atomic E-state index is -3.07. The molecule has 0 radical (unpaired) electrons. The third kappa shape index (κ3) is 4.16. The molecule has 1 amide bonds. The summed E-state index contributed by atoms with van der Waals surface area (Å²) in [7, 11) is -3.07.